The fraction of sp³-hybridized carbons (Fsp3) is 0.625. The van der Waals surface area contributed by atoms with Gasteiger partial charge in [0.2, 0.25) is 0 Å². The number of hydrogen-bond acceptors (Lipinski definition) is 4. The lowest BCUT2D eigenvalue weighted by Crippen LogP contribution is -2.31. The molecule has 1 aromatic rings. The number of aliphatic hydroxyl groups excluding tert-OH is 1. The molecular formula is C8H8F3N3O2. The van der Waals surface area contributed by atoms with Crippen LogP contribution in [0.1, 0.15) is 24.6 Å². The zero-order valence-corrected chi connectivity index (χ0v) is 7.98. The Morgan fingerprint density at radius 2 is 2.12 bits per heavy atom. The van der Waals surface area contributed by atoms with Gasteiger partial charge in [-0.2, -0.15) is 18.3 Å². The molecule has 1 heterocycles. The number of aromatic nitrogens is 2. The van der Waals surface area contributed by atoms with Crippen LogP contribution in [0.3, 0.4) is 0 Å². The Labute approximate surface area is 87.8 Å². The molecule has 1 aliphatic carbocycles. The lowest BCUT2D eigenvalue weighted by atomic mass is 9.90. The summed E-state index contributed by atoms with van der Waals surface area (Å²) < 4.78 is 38.2. The monoisotopic (exact) mass is 235 g/mol. The zero-order valence-electron chi connectivity index (χ0n) is 7.98. The van der Waals surface area contributed by atoms with E-state index < -0.39 is 23.7 Å². The summed E-state index contributed by atoms with van der Waals surface area (Å²) in [6.07, 6.45) is -3.53. The molecule has 1 N–H and O–H groups in total. The maximum absolute atomic E-state index is 12.4. The first-order chi connectivity index (χ1) is 7.41. The quantitative estimate of drug-likeness (QED) is 0.797. The van der Waals surface area contributed by atoms with Crippen molar-refractivity contribution in [1.82, 2.24) is 9.78 Å². The first-order valence-electron chi connectivity index (χ1n) is 4.59. The van der Waals surface area contributed by atoms with Crippen molar-refractivity contribution in [2.75, 3.05) is 0 Å². The molecule has 2 rings (SSSR count). The lowest BCUT2D eigenvalue weighted by molar-refractivity contribution is -0.141. The van der Waals surface area contributed by atoms with Crippen LogP contribution in [0, 0.1) is 4.91 Å². The maximum Gasteiger partial charge on any atom is 0.437 e. The van der Waals surface area contributed by atoms with E-state index in [9.17, 15) is 18.1 Å². The van der Waals surface area contributed by atoms with Gasteiger partial charge in [0.15, 0.2) is 11.4 Å². The predicted octanol–water partition coefficient (Wildman–Crippen LogP) is 2.00. The van der Waals surface area contributed by atoms with Crippen molar-refractivity contribution in [1.29, 1.82) is 0 Å². The number of nitrogens with zero attached hydrogens (tertiary/aromatic N) is 3. The molecule has 0 unspecified atom stereocenters. The molecule has 1 fully saturated rings. The smallest absolute Gasteiger partial charge is 0.393 e. The van der Waals surface area contributed by atoms with E-state index in [2.05, 4.69) is 10.3 Å². The van der Waals surface area contributed by atoms with Crippen LogP contribution in [0.2, 0.25) is 0 Å². The van der Waals surface area contributed by atoms with Crippen LogP contribution in [0.15, 0.2) is 11.4 Å². The molecule has 0 atom stereocenters. The summed E-state index contributed by atoms with van der Waals surface area (Å²) >= 11 is 0. The molecule has 0 aromatic carbocycles. The average Bonchev–Trinajstić information content (AvgIpc) is 2.55. The molecule has 0 radical (unpaired) electrons. The van der Waals surface area contributed by atoms with Crippen LogP contribution in [-0.4, -0.2) is 21.0 Å². The molecular weight excluding hydrogens is 227 g/mol. The van der Waals surface area contributed by atoms with Gasteiger partial charge in [0, 0.05) is 0 Å². The number of halogens is 3. The van der Waals surface area contributed by atoms with Gasteiger partial charge in [-0.3, -0.25) is 4.68 Å². The molecule has 1 saturated carbocycles. The summed E-state index contributed by atoms with van der Waals surface area (Å²) in [5.41, 5.74) is -1.99. The van der Waals surface area contributed by atoms with Gasteiger partial charge >= 0.3 is 6.18 Å². The largest absolute Gasteiger partial charge is 0.437 e. The Morgan fingerprint density at radius 1 is 1.50 bits per heavy atom. The number of rotatable bonds is 2. The molecule has 0 bridgehead atoms. The van der Waals surface area contributed by atoms with E-state index >= 15 is 0 Å². The van der Waals surface area contributed by atoms with Gasteiger partial charge in [0.25, 0.3) is 0 Å². The minimum atomic E-state index is -4.68. The summed E-state index contributed by atoms with van der Waals surface area (Å²) in [6.45, 7) is 0. The van der Waals surface area contributed by atoms with Crippen molar-refractivity contribution in [3.63, 3.8) is 0 Å². The van der Waals surface area contributed by atoms with Crippen molar-refractivity contribution in [3.8, 4) is 0 Å². The molecule has 8 heteroatoms. The Bertz CT molecular complexity index is 409. The highest BCUT2D eigenvalue weighted by atomic mass is 19.4. The van der Waals surface area contributed by atoms with Crippen LogP contribution < -0.4 is 0 Å². The first kappa shape index (κ1) is 11.1. The Hall–Kier alpha value is -1.44. The second-order valence-electron chi connectivity index (χ2n) is 3.71. The topological polar surface area (TPSA) is 67.5 Å². The summed E-state index contributed by atoms with van der Waals surface area (Å²) in [6, 6.07) is -0.286. The third-order valence-electron chi connectivity index (χ3n) is 2.54. The molecule has 1 aliphatic rings. The van der Waals surface area contributed by atoms with E-state index in [1.54, 1.807) is 0 Å². The minimum Gasteiger partial charge on any atom is -0.393 e. The molecule has 1 aromatic heterocycles. The van der Waals surface area contributed by atoms with Gasteiger partial charge in [0.05, 0.1) is 18.3 Å². The van der Waals surface area contributed by atoms with Crippen LogP contribution in [0.4, 0.5) is 18.9 Å². The van der Waals surface area contributed by atoms with Gasteiger partial charge in [-0.25, -0.2) is 0 Å². The Morgan fingerprint density at radius 3 is 2.50 bits per heavy atom. The standard InChI is InChI=1S/C8H8F3N3O2/c9-8(10,11)7-6(13-16)3-14(12-7)4-1-5(15)2-4/h3-5,15H,1-2H2. The normalized spacial score (nSPS) is 25.2. The van der Waals surface area contributed by atoms with Gasteiger partial charge in [-0.1, -0.05) is 0 Å². The van der Waals surface area contributed by atoms with Crippen LogP contribution in [0.5, 0.6) is 0 Å². The van der Waals surface area contributed by atoms with Crippen molar-refractivity contribution in [2.45, 2.75) is 31.2 Å². The van der Waals surface area contributed by atoms with Crippen molar-refractivity contribution >= 4 is 5.69 Å². The first-order valence-corrected chi connectivity index (χ1v) is 4.59. The van der Waals surface area contributed by atoms with Gasteiger partial charge in [0.1, 0.15) is 0 Å². The zero-order chi connectivity index (χ0) is 11.9. The van der Waals surface area contributed by atoms with E-state index in [0.717, 1.165) is 10.9 Å². The summed E-state index contributed by atoms with van der Waals surface area (Å²) in [5, 5.41) is 14.6. The number of alkyl halides is 3. The van der Waals surface area contributed by atoms with E-state index in [-0.39, 0.29) is 6.04 Å². The van der Waals surface area contributed by atoms with Gasteiger partial charge < -0.3 is 5.11 Å². The van der Waals surface area contributed by atoms with Crippen LogP contribution in [0.25, 0.3) is 0 Å². The van der Waals surface area contributed by atoms with Gasteiger partial charge in [-0.05, 0) is 18.0 Å². The van der Waals surface area contributed by atoms with Crippen LogP contribution >= 0.6 is 0 Å². The van der Waals surface area contributed by atoms with E-state index in [0.29, 0.717) is 12.8 Å². The SMILES string of the molecule is O=Nc1cn(C2CC(O)C2)nc1C(F)(F)F. The third kappa shape index (κ3) is 1.80. The number of aliphatic hydroxyl groups is 1. The summed E-state index contributed by atoms with van der Waals surface area (Å²) in [4.78, 5) is 10.2. The molecule has 16 heavy (non-hydrogen) atoms. The summed E-state index contributed by atoms with van der Waals surface area (Å²) in [5.74, 6) is 0. The molecule has 0 aliphatic heterocycles. The molecule has 5 nitrogen and oxygen atoms in total. The number of hydrogen-bond donors (Lipinski definition) is 1. The highest BCUT2D eigenvalue weighted by Gasteiger charge is 2.40. The van der Waals surface area contributed by atoms with Crippen LogP contribution in [-0.2, 0) is 6.18 Å². The van der Waals surface area contributed by atoms with E-state index in [4.69, 9.17) is 5.11 Å². The van der Waals surface area contributed by atoms with Crippen molar-refractivity contribution in [3.05, 3.63) is 16.8 Å². The second kappa shape index (κ2) is 3.55. The molecule has 88 valence electrons. The number of nitroso groups, excluding NO2 is 1. The second-order valence-corrected chi connectivity index (χ2v) is 3.71. The molecule has 0 saturated heterocycles. The highest BCUT2D eigenvalue weighted by Crippen LogP contribution is 2.38. The van der Waals surface area contributed by atoms with Crippen molar-refractivity contribution in [2.24, 2.45) is 5.18 Å². The highest BCUT2D eigenvalue weighted by molar-refractivity contribution is 5.41. The third-order valence-corrected chi connectivity index (χ3v) is 2.54. The Balaban J connectivity index is 2.29. The maximum atomic E-state index is 12.4. The molecule has 0 spiro atoms. The summed E-state index contributed by atoms with van der Waals surface area (Å²) in [7, 11) is 0. The molecule has 0 amide bonds. The predicted molar refractivity (Wildman–Crippen MR) is 47.0 cm³/mol. The fourth-order valence-electron chi connectivity index (χ4n) is 1.61. The fourth-order valence-corrected chi connectivity index (χ4v) is 1.61. The van der Waals surface area contributed by atoms with E-state index in [1.165, 1.54) is 0 Å². The lowest BCUT2D eigenvalue weighted by Gasteiger charge is -2.31. The average molecular weight is 235 g/mol. The Kier molecular flexibility index (Phi) is 2.45. The van der Waals surface area contributed by atoms with E-state index in [1.807, 2.05) is 0 Å². The van der Waals surface area contributed by atoms with Gasteiger partial charge in [-0.15, -0.1) is 4.91 Å². The van der Waals surface area contributed by atoms with Crippen molar-refractivity contribution < 1.29 is 18.3 Å². The minimum absolute atomic E-state index is 0.286.